The minimum atomic E-state index is -0.302. The molecule has 2 aromatic rings. The fraction of sp³-hybridized carbons (Fsp3) is 0.524. The molecule has 1 saturated heterocycles. The van der Waals surface area contributed by atoms with Crippen LogP contribution in [0.15, 0.2) is 6.07 Å². The van der Waals surface area contributed by atoms with Crippen molar-refractivity contribution >= 4 is 39.9 Å². The maximum absolute atomic E-state index is 13.4. The number of carbonyl (C=O) groups is 2. The number of rotatable bonds is 5. The van der Waals surface area contributed by atoms with Crippen LogP contribution in [0.25, 0.3) is 10.6 Å². The monoisotopic (exact) mass is 461 g/mol. The molecule has 31 heavy (non-hydrogen) atoms. The average Bonchev–Trinajstić information content (AvgIpc) is 3.46. The topological polar surface area (TPSA) is 96.5 Å². The predicted octanol–water partition coefficient (Wildman–Crippen LogP) is 3.23. The summed E-state index contributed by atoms with van der Waals surface area (Å²) in [6, 6.07) is 2.14. The number of amides is 2. The lowest BCUT2D eigenvalue weighted by Crippen LogP contribution is -2.36. The van der Waals surface area contributed by atoms with Gasteiger partial charge in [0.15, 0.2) is 10.3 Å². The Morgan fingerprint density at radius 1 is 1.42 bits per heavy atom. The van der Waals surface area contributed by atoms with E-state index in [1.165, 1.54) is 31.1 Å². The van der Waals surface area contributed by atoms with E-state index in [9.17, 15) is 9.59 Å². The van der Waals surface area contributed by atoms with E-state index in [4.69, 9.17) is 21.3 Å². The van der Waals surface area contributed by atoms with Crippen molar-refractivity contribution in [3.63, 3.8) is 0 Å². The van der Waals surface area contributed by atoms with Crippen molar-refractivity contribution in [2.75, 3.05) is 25.0 Å². The molecule has 10 heteroatoms. The van der Waals surface area contributed by atoms with E-state index < -0.39 is 0 Å². The molecule has 2 atom stereocenters. The van der Waals surface area contributed by atoms with Crippen molar-refractivity contribution in [3.05, 3.63) is 28.0 Å². The van der Waals surface area contributed by atoms with Crippen LogP contribution in [0.2, 0.25) is 5.15 Å². The van der Waals surface area contributed by atoms with Crippen LogP contribution >= 0.6 is 22.9 Å². The lowest BCUT2D eigenvalue weighted by Gasteiger charge is -2.26. The minimum Gasteiger partial charge on any atom is -0.369 e. The predicted molar refractivity (Wildman–Crippen MR) is 118 cm³/mol. The zero-order chi connectivity index (χ0) is 21.7. The Hall–Kier alpha value is -2.07. The number of fused-ring (bicyclic) bond motifs is 1. The zero-order valence-corrected chi connectivity index (χ0v) is 19.0. The van der Waals surface area contributed by atoms with Gasteiger partial charge in [0.05, 0.1) is 28.4 Å². The highest BCUT2D eigenvalue weighted by atomic mass is 35.5. The molecule has 4 heterocycles. The zero-order valence-electron chi connectivity index (χ0n) is 17.4. The molecular weight excluding hydrogens is 438 g/mol. The summed E-state index contributed by atoms with van der Waals surface area (Å²) in [7, 11) is 0. The number of aromatic nitrogens is 2. The summed E-state index contributed by atoms with van der Waals surface area (Å²) in [4.78, 5) is 36.5. The Morgan fingerprint density at radius 2 is 2.23 bits per heavy atom. The van der Waals surface area contributed by atoms with E-state index in [1.54, 1.807) is 0 Å². The van der Waals surface area contributed by atoms with Gasteiger partial charge >= 0.3 is 0 Å². The van der Waals surface area contributed by atoms with Crippen LogP contribution in [0.4, 0.5) is 5.13 Å². The molecule has 2 amide bonds. The molecule has 8 nitrogen and oxygen atoms in total. The number of thiazole rings is 1. The van der Waals surface area contributed by atoms with Crippen molar-refractivity contribution < 1.29 is 14.3 Å². The highest BCUT2D eigenvalue weighted by molar-refractivity contribution is 7.19. The summed E-state index contributed by atoms with van der Waals surface area (Å²) in [6.45, 7) is 6.06. The summed E-state index contributed by atoms with van der Waals surface area (Å²) >= 11 is 7.67. The Balaban J connectivity index is 1.57. The molecule has 0 spiro atoms. The lowest BCUT2D eigenvalue weighted by molar-refractivity contribution is -0.114. The Bertz CT molecular complexity index is 1050. The second kappa shape index (κ2) is 8.12. The number of carbonyl (C=O) groups excluding carboxylic acids is 2. The van der Waals surface area contributed by atoms with E-state index in [1.807, 2.05) is 11.0 Å². The first-order chi connectivity index (χ1) is 14.9. The largest absolute Gasteiger partial charge is 0.369 e. The van der Waals surface area contributed by atoms with Crippen LogP contribution in [0.5, 0.6) is 0 Å². The van der Waals surface area contributed by atoms with Crippen molar-refractivity contribution in [2.45, 2.75) is 45.4 Å². The Morgan fingerprint density at radius 3 is 2.90 bits per heavy atom. The molecule has 2 N–H and O–H groups in total. The Kier molecular flexibility index (Phi) is 5.45. The number of ether oxygens (including phenoxy) is 1. The van der Waals surface area contributed by atoms with E-state index in [0.717, 1.165) is 12.1 Å². The quantitative estimate of drug-likeness (QED) is 0.709. The van der Waals surface area contributed by atoms with E-state index in [0.29, 0.717) is 52.6 Å². The van der Waals surface area contributed by atoms with Crippen molar-refractivity contribution in [3.8, 4) is 10.6 Å². The third kappa shape index (κ3) is 3.95. The third-order valence-electron chi connectivity index (χ3n) is 6.07. The number of anilines is 1. The van der Waals surface area contributed by atoms with Crippen LogP contribution in [0, 0.1) is 5.92 Å². The van der Waals surface area contributed by atoms with Gasteiger partial charge in [-0.05, 0) is 37.3 Å². The maximum Gasteiger partial charge on any atom is 0.256 e. The number of hydrogen-bond acceptors (Lipinski definition) is 7. The molecule has 1 saturated carbocycles. The van der Waals surface area contributed by atoms with Crippen LogP contribution in [0.1, 0.15) is 54.4 Å². The van der Waals surface area contributed by atoms with Crippen LogP contribution in [0.3, 0.4) is 0 Å². The highest BCUT2D eigenvalue weighted by Crippen LogP contribution is 2.42. The van der Waals surface area contributed by atoms with E-state index >= 15 is 0 Å². The summed E-state index contributed by atoms with van der Waals surface area (Å²) in [5.41, 5.74) is 2.90. The van der Waals surface area contributed by atoms with Gasteiger partial charge in [-0.25, -0.2) is 9.97 Å². The van der Waals surface area contributed by atoms with Gasteiger partial charge in [-0.1, -0.05) is 22.9 Å². The molecule has 2 fully saturated rings. The fourth-order valence-electron chi connectivity index (χ4n) is 4.31. The van der Waals surface area contributed by atoms with Crippen molar-refractivity contribution in [1.29, 1.82) is 0 Å². The fourth-order valence-corrected chi connectivity index (χ4v) is 5.52. The number of halogens is 1. The number of hydrogen-bond donors (Lipinski definition) is 2. The first-order valence-corrected chi connectivity index (χ1v) is 11.7. The van der Waals surface area contributed by atoms with E-state index in [-0.39, 0.29) is 29.1 Å². The number of nitrogens with zero attached hydrogens (tertiary/aromatic N) is 3. The van der Waals surface area contributed by atoms with Crippen molar-refractivity contribution in [2.24, 2.45) is 5.92 Å². The first kappa shape index (κ1) is 20.8. The number of nitrogens with one attached hydrogen (secondary N) is 2. The first-order valence-electron chi connectivity index (χ1n) is 10.5. The maximum atomic E-state index is 13.4. The molecule has 2 aliphatic heterocycles. The number of morpholine rings is 1. The average molecular weight is 462 g/mol. The van der Waals surface area contributed by atoms with Crippen LogP contribution in [-0.4, -0.2) is 52.4 Å². The van der Waals surface area contributed by atoms with Gasteiger partial charge in [0.2, 0.25) is 5.91 Å². The van der Waals surface area contributed by atoms with Gasteiger partial charge in [-0.2, -0.15) is 0 Å². The molecule has 0 radical (unpaired) electrons. The molecule has 164 valence electrons. The SMILES string of the molecule is CC(=O)Nc1nc(Cl)c(-c2cc3c(c([C@@H]4CNCCO4)n2)C(=O)N(C(C)C2CC2)C3)s1. The molecule has 3 aliphatic rings. The van der Waals surface area contributed by atoms with Gasteiger partial charge in [0.1, 0.15) is 6.10 Å². The van der Waals surface area contributed by atoms with Gasteiger partial charge < -0.3 is 20.3 Å². The Labute approximate surface area is 189 Å². The van der Waals surface area contributed by atoms with Gasteiger partial charge in [-0.3, -0.25) is 9.59 Å². The second-order valence-corrected chi connectivity index (χ2v) is 9.68. The van der Waals surface area contributed by atoms with Crippen LogP contribution < -0.4 is 10.6 Å². The van der Waals surface area contributed by atoms with Crippen LogP contribution in [-0.2, 0) is 16.1 Å². The van der Waals surface area contributed by atoms with Gasteiger partial charge in [0.25, 0.3) is 5.91 Å². The lowest BCUT2D eigenvalue weighted by atomic mass is 10.0. The number of pyridine rings is 1. The minimum absolute atomic E-state index is 0.0342. The molecule has 1 unspecified atom stereocenters. The highest BCUT2D eigenvalue weighted by Gasteiger charge is 2.41. The molecule has 0 bridgehead atoms. The molecule has 5 rings (SSSR count). The molecular formula is C21H24ClN5O3S. The summed E-state index contributed by atoms with van der Waals surface area (Å²) in [6.07, 6.45) is 2.05. The van der Waals surface area contributed by atoms with Gasteiger partial charge in [0, 0.05) is 32.6 Å². The summed E-state index contributed by atoms with van der Waals surface area (Å²) in [5.74, 6) is 0.404. The second-order valence-electron chi connectivity index (χ2n) is 8.32. The summed E-state index contributed by atoms with van der Waals surface area (Å²) < 4.78 is 5.97. The van der Waals surface area contributed by atoms with Crippen molar-refractivity contribution in [1.82, 2.24) is 20.2 Å². The van der Waals surface area contributed by atoms with Gasteiger partial charge in [-0.15, -0.1) is 0 Å². The summed E-state index contributed by atoms with van der Waals surface area (Å²) in [5, 5.41) is 6.70. The molecule has 0 aromatic carbocycles. The molecule has 1 aliphatic carbocycles. The normalized spacial score (nSPS) is 21.8. The smallest absolute Gasteiger partial charge is 0.256 e. The molecule has 2 aromatic heterocycles. The van der Waals surface area contributed by atoms with E-state index in [2.05, 4.69) is 22.5 Å². The standard InChI is InChI=1S/C21H24ClN5O3S/c1-10(12-3-4-12)27-9-13-7-14(18-19(22)26-21(31-18)24-11(2)28)25-17(16(13)20(27)29)15-8-23-5-6-30-15/h7,10,12,15,23H,3-6,8-9H2,1-2H3,(H,24,26,28)/t10?,15-/m0/s1. The third-order valence-corrected chi connectivity index (χ3v) is 7.45.